The second-order valence-electron chi connectivity index (χ2n) is 7.17. The van der Waals surface area contributed by atoms with Crippen molar-refractivity contribution < 1.29 is 22.7 Å². The smallest absolute Gasteiger partial charge is 0.310 e. The predicted molar refractivity (Wildman–Crippen MR) is 93.6 cm³/mol. The number of ether oxygens (including phenoxy) is 1. The van der Waals surface area contributed by atoms with E-state index in [2.05, 4.69) is 0 Å². The molecule has 27 heavy (non-hydrogen) atoms. The van der Waals surface area contributed by atoms with Crippen molar-refractivity contribution in [2.24, 2.45) is 17.3 Å². The van der Waals surface area contributed by atoms with Crippen molar-refractivity contribution in [3.05, 3.63) is 45.8 Å². The maximum atomic E-state index is 14.3. The molecule has 2 atom stereocenters. The largest absolute Gasteiger partial charge is 0.460 e. The van der Waals surface area contributed by atoms with Crippen LogP contribution in [-0.2, 0) is 22.6 Å². The molecule has 1 saturated carbocycles. The molecule has 0 bridgehead atoms. The molecule has 0 radical (unpaired) electrons. The van der Waals surface area contributed by atoms with Gasteiger partial charge in [0.05, 0.1) is 17.6 Å². The summed E-state index contributed by atoms with van der Waals surface area (Å²) in [5, 5.41) is 8.88. The minimum Gasteiger partial charge on any atom is -0.460 e. The van der Waals surface area contributed by atoms with Gasteiger partial charge in [-0.2, -0.15) is 5.26 Å². The third-order valence-corrected chi connectivity index (χ3v) is 5.15. The quantitative estimate of drug-likeness (QED) is 0.331. The third-order valence-electron chi connectivity index (χ3n) is 5.15. The Morgan fingerprint density at radius 1 is 1.26 bits per heavy atom. The second kappa shape index (κ2) is 7.48. The third kappa shape index (κ3) is 3.57. The summed E-state index contributed by atoms with van der Waals surface area (Å²) in [6, 6.07) is 2.00. The molecule has 2 rings (SSSR count). The summed E-state index contributed by atoms with van der Waals surface area (Å²) in [7, 11) is 0. The first kappa shape index (κ1) is 20.6. The topological polar surface area (TPSA) is 50.1 Å². The van der Waals surface area contributed by atoms with Crippen LogP contribution < -0.4 is 0 Å². The number of rotatable bonds is 5. The molecule has 0 aromatic heterocycles. The van der Waals surface area contributed by atoms with Crippen LogP contribution in [0.2, 0.25) is 0 Å². The molecule has 0 spiro atoms. The number of hydrogen-bond acceptors (Lipinski definition) is 3. The molecule has 0 saturated heterocycles. The molecule has 1 fully saturated rings. The van der Waals surface area contributed by atoms with Crippen molar-refractivity contribution in [2.75, 3.05) is 0 Å². The zero-order valence-corrected chi connectivity index (χ0v) is 15.6. The lowest BCUT2D eigenvalue weighted by atomic mass is 10.00. The lowest BCUT2D eigenvalue weighted by Crippen LogP contribution is -2.14. The molecule has 142 valence electrons. The highest BCUT2D eigenvalue weighted by molar-refractivity contribution is 5.78. The van der Waals surface area contributed by atoms with Gasteiger partial charge in [-0.1, -0.05) is 32.8 Å². The normalized spacial score (nSPS) is 20.6. The second-order valence-corrected chi connectivity index (χ2v) is 7.17. The van der Waals surface area contributed by atoms with E-state index < -0.39 is 46.9 Å². The average Bonchev–Trinajstić information content (AvgIpc) is 3.16. The van der Waals surface area contributed by atoms with Crippen LogP contribution in [0, 0.1) is 58.4 Å². The van der Waals surface area contributed by atoms with Gasteiger partial charge in [-0.25, -0.2) is 13.2 Å². The Hall–Kier alpha value is -2.73. The Bertz CT molecular complexity index is 904. The Kier molecular flexibility index (Phi) is 5.70. The van der Waals surface area contributed by atoms with Crippen LogP contribution in [0.1, 0.15) is 44.4 Å². The van der Waals surface area contributed by atoms with Crippen LogP contribution in [-0.4, -0.2) is 5.97 Å². The molecule has 1 aromatic rings. The fraction of sp³-hybridized carbons (Fsp3) is 0.429. The van der Waals surface area contributed by atoms with Crippen molar-refractivity contribution in [2.45, 2.75) is 40.7 Å². The van der Waals surface area contributed by atoms with E-state index in [1.165, 1.54) is 0 Å². The number of hydrogen-bond donors (Lipinski definition) is 0. The van der Waals surface area contributed by atoms with E-state index in [9.17, 15) is 18.0 Å². The summed E-state index contributed by atoms with van der Waals surface area (Å²) >= 11 is 0. The van der Waals surface area contributed by atoms with E-state index in [-0.39, 0.29) is 23.5 Å². The highest BCUT2D eigenvalue weighted by Gasteiger charge is 2.61. The Balaban J connectivity index is 2.24. The molecule has 1 aliphatic carbocycles. The minimum atomic E-state index is -1.46. The molecular weight excluding hydrogens is 355 g/mol. The molecule has 1 aliphatic rings. The number of carbonyl (C=O) groups is 1. The van der Waals surface area contributed by atoms with Gasteiger partial charge in [-0.05, 0) is 30.2 Å². The number of carbonyl (C=O) groups excluding carboxylic acids is 1. The summed E-state index contributed by atoms with van der Waals surface area (Å²) in [5.41, 5.74) is -1.15. The average molecular weight is 375 g/mol. The van der Waals surface area contributed by atoms with Crippen LogP contribution in [0.15, 0.2) is 11.6 Å². The van der Waals surface area contributed by atoms with E-state index in [4.69, 9.17) is 16.4 Å². The molecular formula is C21H20F3NO2. The van der Waals surface area contributed by atoms with Crippen molar-refractivity contribution in [3.8, 4) is 18.4 Å². The molecule has 3 nitrogen and oxygen atoms in total. The lowest BCUT2D eigenvalue weighted by Gasteiger charge is -2.14. The molecule has 0 heterocycles. The van der Waals surface area contributed by atoms with Gasteiger partial charge in [0.2, 0.25) is 0 Å². The number of halogens is 3. The Labute approximate surface area is 156 Å². The van der Waals surface area contributed by atoms with E-state index in [1.54, 1.807) is 19.9 Å². The van der Waals surface area contributed by atoms with Gasteiger partial charge in [0.15, 0.2) is 11.6 Å². The molecule has 0 unspecified atom stereocenters. The highest BCUT2D eigenvalue weighted by atomic mass is 19.2. The number of esters is 1. The molecule has 1 aromatic carbocycles. The summed E-state index contributed by atoms with van der Waals surface area (Å²) in [6.45, 7) is 6.32. The van der Waals surface area contributed by atoms with E-state index >= 15 is 0 Å². The summed E-state index contributed by atoms with van der Waals surface area (Å²) < 4.78 is 47.8. The fourth-order valence-corrected chi connectivity index (χ4v) is 3.38. The van der Waals surface area contributed by atoms with Crippen molar-refractivity contribution in [1.29, 1.82) is 5.26 Å². The first-order chi connectivity index (χ1) is 12.6. The van der Waals surface area contributed by atoms with Gasteiger partial charge in [0, 0.05) is 11.1 Å². The maximum Gasteiger partial charge on any atom is 0.310 e. The van der Waals surface area contributed by atoms with Crippen LogP contribution in [0.3, 0.4) is 0 Å². The summed E-state index contributed by atoms with van der Waals surface area (Å²) in [5.74, 6) is -3.26. The van der Waals surface area contributed by atoms with Crippen molar-refractivity contribution in [3.63, 3.8) is 0 Å². The van der Waals surface area contributed by atoms with Gasteiger partial charge in [-0.15, -0.1) is 6.42 Å². The minimum absolute atomic E-state index is 0.0618. The summed E-state index contributed by atoms with van der Waals surface area (Å²) in [4.78, 5) is 12.4. The zero-order chi connectivity index (χ0) is 20.5. The molecule has 0 aliphatic heterocycles. The van der Waals surface area contributed by atoms with Crippen LogP contribution in [0.5, 0.6) is 0 Å². The Morgan fingerprint density at radius 2 is 1.89 bits per heavy atom. The number of allylic oxidation sites excluding steroid dienone is 2. The van der Waals surface area contributed by atoms with E-state index in [0.29, 0.717) is 5.57 Å². The van der Waals surface area contributed by atoms with Crippen LogP contribution in [0.25, 0.3) is 0 Å². The standard InChI is InChI=1S/C21H20F3NO2/c1-6-12-14(19(24)18(23)13(7-2)17(12)22)10-27-20(26)16-15(21(16,4)5)8-11(3)9-25/h2,8,15-16H,6,10H2,1,3-5H3/t15-,16+/m1/s1. The molecule has 6 heteroatoms. The fourth-order valence-electron chi connectivity index (χ4n) is 3.38. The highest BCUT2D eigenvalue weighted by Crippen LogP contribution is 2.59. The van der Waals surface area contributed by atoms with Gasteiger partial charge in [0.25, 0.3) is 0 Å². The SMILES string of the molecule is C#Cc1c(F)c(F)c(COC(=O)[C@@H]2[C@@H](C=C(C)C#N)C2(C)C)c(CC)c1F. The number of nitriles is 1. The van der Waals surface area contributed by atoms with E-state index in [0.717, 1.165) is 0 Å². The monoisotopic (exact) mass is 375 g/mol. The first-order valence-corrected chi connectivity index (χ1v) is 8.51. The zero-order valence-electron chi connectivity index (χ0n) is 15.6. The number of benzene rings is 1. The van der Waals surface area contributed by atoms with Crippen LogP contribution in [0.4, 0.5) is 13.2 Å². The van der Waals surface area contributed by atoms with Crippen molar-refractivity contribution in [1.82, 2.24) is 0 Å². The number of terminal acetylenes is 1. The maximum absolute atomic E-state index is 14.3. The van der Waals surface area contributed by atoms with E-state index in [1.807, 2.05) is 25.8 Å². The Morgan fingerprint density at radius 3 is 2.41 bits per heavy atom. The predicted octanol–water partition coefficient (Wildman–Crippen LogP) is 4.43. The van der Waals surface area contributed by atoms with Gasteiger partial charge < -0.3 is 4.74 Å². The van der Waals surface area contributed by atoms with Gasteiger partial charge in [-0.3, -0.25) is 4.79 Å². The van der Waals surface area contributed by atoms with Crippen LogP contribution >= 0.6 is 0 Å². The van der Waals surface area contributed by atoms with Gasteiger partial charge >= 0.3 is 5.97 Å². The van der Waals surface area contributed by atoms with Gasteiger partial charge in [0.1, 0.15) is 12.4 Å². The van der Waals surface area contributed by atoms with Crippen molar-refractivity contribution >= 4 is 5.97 Å². The summed E-state index contributed by atoms with van der Waals surface area (Å²) in [6.07, 6.45) is 6.81. The molecule has 0 N–H and O–H groups in total. The first-order valence-electron chi connectivity index (χ1n) is 8.51. The lowest BCUT2D eigenvalue weighted by molar-refractivity contribution is -0.147. The molecule has 0 amide bonds. The number of nitrogens with zero attached hydrogens (tertiary/aromatic N) is 1.